The smallest absolute Gasteiger partial charge is 0.327 e. The van der Waals surface area contributed by atoms with Crippen LogP contribution in [0.5, 0.6) is 0 Å². The molecule has 0 aromatic carbocycles. The predicted molar refractivity (Wildman–Crippen MR) is 47.1 cm³/mol. The molecule has 0 amide bonds. The summed E-state index contributed by atoms with van der Waals surface area (Å²) in [6.07, 6.45) is -0.617. The Balaban J connectivity index is 3.60. The van der Waals surface area contributed by atoms with E-state index in [1.807, 2.05) is 13.8 Å². The Labute approximate surface area is 73.4 Å². The summed E-state index contributed by atoms with van der Waals surface area (Å²) in [6.45, 7) is 7.27. The standard InChI is InChI=1S/C7H17O4P/c1-6(2)5-10-7(3)11-12(4,8)9/h6-7H,5H2,1-4H3,(H,8,9). The minimum Gasteiger partial charge on any atom is -0.352 e. The Morgan fingerprint density at radius 3 is 2.25 bits per heavy atom. The van der Waals surface area contributed by atoms with E-state index in [2.05, 4.69) is 4.52 Å². The van der Waals surface area contributed by atoms with Crippen molar-refractivity contribution in [2.24, 2.45) is 5.92 Å². The van der Waals surface area contributed by atoms with Crippen LogP contribution in [-0.4, -0.2) is 24.5 Å². The molecule has 0 spiro atoms. The summed E-state index contributed by atoms with van der Waals surface area (Å²) in [6, 6.07) is 0. The van der Waals surface area contributed by atoms with Gasteiger partial charge in [0.1, 0.15) is 0 Å². The SMILES string of the molecule is CC(C)COC(C)OP(C)(=O)O. The monoisotopic (exact) mass is 196 g/mol. The number of hydrogen-bond donors (Lipinski definition) is 1. The fourth-order valence-electron chi connectivity index (χ4n) is 0.634. The van der Waals surface area contributed by atoms with E-state index in [0.717, 1.165) is 6.66 Å². The average Bonchev–Trinajstić information content (AvgIpc) is 1.79. The second kappa shape index (κ2) is 4.97. The molecule has 0 aromatic rings. The Hall–Kier alpha value is 0.110. The highest BCUT2D eigenvalue weighted by atomic mass is 31.2. The molecule has 0 bridgehead atoms. The molecule has 1 N–H and O–H groups in total. The van der Waals surface area contributed by atoms with Gasteiger partial charge in [0.25, 0.3) is 0 Å². The van der Waals surface area contributed by atoms with Crippen LogP contribution in [0.2, 0.25) is 0 Å². The minimum absolute atomic E-state index is 0.394. The van der Waals surface area contributed by atoms with Crippen LogP contribution in [0.3, 0.4) is 0 Å². The molecule has 12 heavy (non-hydrogen) atoms. The molecule has 0 aromatic heterocycles. The van der Waals surface area contributed by atoms with Crippen LogP contribution in [0.4, 0.5) is 0 Å². The van der Waals surface area contributed by atoms with E-state index in [1.165, 1.54) is 0 Å². The maximum atomic E-state index is 10.7. The van der Waals surface area contributed by atoms with Gasteiger partial charge in [-0.2, -0.15) is 0 Å². The van der Waals surface area contributed by atoms with E-state index >= 15 is 0 Å². The second-order valence-electron chi connectivity index (χ2n) is 3.20. The van der Waals surface area contributed by atoms with E-state index in [0.29, 0.717) is 12.5 Å². The Bertz CT molecular complexity index is 163. The van der Waals surface area contributed by atoms with Crippen molar-refractivity contribution < 1.29 is 18.7 Å². The van der Waals surface area contributed by atoms with Crippen molar-refractivity contribution in [3.63, 3.8) is 0 Å². The van der Waals surface area contributed by atoms with Gasteiger partial charge in [0.05, 0.1) is 6.61 Å². The van der Waals surface area contributed by atoms with Gasteiger partial charge in [-0.15, -0.1) is 0 Å². The topological polar surface area (TPSA) is 55.8 Å². The summed E-state index contributed by atoms with van der Waals surface area (Å²) in [7, 11) is -3.41. The number of hydrogen-bond acceptors (Lipinski definition) is 3. The van der Waals surface area contributed by atoms with Crippen LogP contribution in [0, 0.1) is 5.92 Å². The molecule has 0 radical (unpaired) electrons. The minimum atomic E-state index is -3.41. The third-order valence-electron chi connectivity index (χ3n) is 1.01. The summed E-state index contributed by atoms with van der Waals surface area (Å²) in [5.74, 6) is 0.394. The first-order valence-electron chi connectivity index (χ1n) is 3.91. The van der Waals surface area contributed by atoms with Crippen molar-refractivity contribution in [2.75, 3.05) is 13.3 Å². The molecule has 4 nitrogen and oxygen atoms in total. The third-order valence-corrected chi connectivity index (χ3v) is 1.70. The molecule has 5 heteroatoms. The molecule has 0 fully saturated rings. The first-order chi connectivity index (χ1) is 5.31. The summed E-state index contributed by atoms with van der Waals surface area (Å²) >= 11 is 0. The van der Waals surface area contributed by atoms with E-state index in [-0.39, 0.29) is 0 Å². The molecule has 2 atom stereocenters. The Morgan fingerprint density at radius 1 is 1.42 bits per heavy atom. The van der Waals surface area contributed by atoms with E-state index in [9.17, 15) is 4.57 Å². The molecular formula is C7H17O4P. The number of ether oxygens (including phenoxy) is 1. The molecule has 0 saturated heterocycles. The van der Waals surface area contributed by atoms with Gasteiger partial charge < -0.3 is 9.63 Å². The van der Waals surface area contributed by atoms with Crippen molar-refractivity contribution >= 4 is 7.60 Å². The third kappa shape index (κ3) is 8.21. The Morgan fingerprint density at radius 2 is 1.92 bits per heavy atom. The normalized spacial score (nSPS) is 19.2. The van der Waals surface area contributed by atoms with Crippen LogP contribution in [-0.2, 0) is 13.8 Å². The predicted octanol–water partition coefficient (Wildman–Crippen LogP) is 1.84. The second-order valence-corrected chi connectivity index (χ2v) is 5.02. The molecule has 0 saturated carbocycles. The van der Waals surface area contributed by atoms with Crippen molar-refractivity contribution in [2.45, 2.75) is 27.1 Å². The lowest BCUT2D eigenvalue weighted by atomic mass is 10.2. The molecule has 2 unspecified atom stereocenters. The lowest BCUT2D eigenvalue weighted by Crippen LogP contribution is -2.14. The maximum absolute atomic E-state index is 10.7. The van der Waals surface area contributed by atoms with Crippen LogP contribution in [0.25, 0.3) is 0 Å². The molecule has 0 aliphatic heterocycles. The molecule has 0 aliphatic carbocycles. The highest BCUT2D eigenvalue weighted by Crippen LogP contribution is 2.38. The number of rotatable bonds is 5. The van der Waals surface area contributed by atoms with Gasteiger partial charge in [-0.1, -0.05) is 13.8 Å². The van der Waals surface area contributed by atoms with Crippen molar-refractivity contribution in [3.05, 3.63) is 0 Å². The van der Waals surface area contributed by atoms with Crippen LogP contribution < -0.4 is 0 Å². The molecule has 0 heterocycles. The Kier molecular flexibility index (Phi) is 5.02. The quantitative estimate of drug-likeness (QED) is 0.538. The van der Waals surface area contributed by atoms with Crippen LogP contribution >= 0.6 is 7.60 Å². The van der Waals surface area contributed by atoms with Gasteiger partial charge in [0.15, 0.2) is 6.29 Å². The zero-order valence-corrected chi connectivity index (χ0v) is 8.88. The fraction of sp³-hybridized carbons (Fsp3) is 1.00. The van der Waals surface area contributed by atoms with Crippen molar-refractivity contribution in [1.82, 2.24) is 0 Å². The van der Waals surface area contributed by atoms with Crippen molar-refractivity contribution in [1.29, 1.82) is 0 Å². The summed E-state index contributed by atoms with van der Waals surface area (Å²) in [4.78, 5) is 8.81. The van der Waals surface area contributed by atoms with Gasteiger partial charge in [0, 0.05) is 6.66 Å². The zero-order chi connectivity index (χ0) is 9.78. The average molecular weight is 196 g/mol. The van der Waals surface area contributed by atoms with Gasteiger partial charge in [0.2, 0.25) is 0 Å². The van der Waals surface area contributed by atoms with Gasteiger partial charge in [-0.3, -0.25) is 9.09 Å². The van der Waals surface area contributed by atoms with E-state index in [1.54, 1.807) is 6.92 Å². The van der Waals surface area contributed by atoms with Gasteiger partial charge in [-0.25, -0.2) is 0 Å². The summed E-state index contributed by atoms with van der Waals surface area (Å²) in [5.41, 5.74) is 0. The van der Waals surface area contributed by atoms with Crippen LogP contribution in [0.15, 0.2) is 0 Å². The van der Waals surface area contributed by atoms with Gasteiger partial charge in [-0.05, 0) is 12.8 Å². The van der Waals surface area contributed by atoms with Crippen LogP contribution in [0.1, 0.15) is 20.8 Å². The molecular weight excluding hydrogens is 179 g/mol. The molecule has 74 valence electrons. The highest BCUT2D eigenvalue weighted by Gasteiger charge is 2.15. The first kappa shape index (κ1) is 12.1. The lowest BCUT2D eigenvalue weighted by molar-refractivity contribution is -0.0792. The van der Waals surface area contributed by atoms with E-state index < -0.39 is 13.9 Å². The highest BCUT2D eigenvalue weighted by molar-refractivity contribution is 7.51. The lowest BCUT2D eigenvalue weighted by Gasteiger charge is -2.16. The molecule has 0 rings (SSSR count). The first-order valence-corrected chi connectivity index (χ1v) is 5.94. The largest absolute Gasteiger partial charge is 0.352 e. The molecule has 0 aliphatic rings. The maximum Gasteiger partial charge on any atom is 0.327 e. The summed E-state index contributed by atoms with van der Waals surface area (Å²) in [5, 5.41) is 0. The zero-order valence-electron chi connectivity index (χ0n) is 7.98. The van der Waals surface area contributed by atoms with Gasteiger partial charge >= 0.3 is 7.60 Å². The summed E-state index contributed by atoms with van der Waals surface area (Å²) < 4.78 is 20.5. The fourth-order valence-corrected chi connectivity index (χ4v) is 1.25. The van der Waals surface area contributed by atoms with E-state index in [4.69, 9.17) is 9.63 Å². The van der Waals surface area contributed by atoms with Crippen molar-refractivity contribution in [3.8, 4) is 0 Å².